The molecule has 0 bridgehead atoms. The summed E-state index contributed by atoms with van der Waals surface area (Å²) in [6.45, 7) is -1.63. The Hall–Kier alpha value is -1.85. The minimum absolute atomic E-state index is 0.286. The maximum atomic E-state index is 12.1. The van der Waals surface area contributed by atoms with Gasteiger partial charge in [-0.3, -0.25) is 19.2 Å². The lowest BCUT2D eigenvalue weighted by Crippen LogP contribution is -2.56. The first kappa shape index (κ1) is 21.1. The van der Waals surface area contributed by atoms with Crippen LogP contribution in [0.2, 0.25) is 0 Å². The normalized spacial score (nSPS) is 12.8. The van der Waals surface area contributed by atoms with Crippen molar-refractivity contribution in [2.24, 2.45) is 5.73 Å². The molecule has 0 saturated carbocycles. The van der Waals surface area contributed by atoms with Crippen LogP contribution < -0.4 is 21.7 Å². The summed E-state index contributed by atoms with van der Waals surface area (Å²) in [5.74, 6) is -2.70. The van der Waals surface area contributed by atoms with Crippen molar-refractivity contribution < 1.29 is 29.4 Å². The molecule has 0 radical (unpaired) electrons. The molecule has 0 aromatic heterocycles. The van der Waals surface area contributed by atoms with E-state index in [4.69, 9.17) is 15.9 Å². The second-order valence-corrected chi connectivity index (χ2v) is 5.45. The van der Waals surface area contributed by atoms with E-state index in [1.807, 2.05) is 11.6 Å². The van der Waals surface area contributed by atoms with Crippen LogP contribution in [0.5, 0.6) is 0 Å². The third-order valence-electron chi connectivity index (χ3n) is 2.68. The van der Waals surface area contributed by atoms with Gasteiger partial charge in [-0.1, -0.05) is 0 Å². The third-order valence-corrected chi connectivity index (χ3v) is 3.32. The predicted molar refractivity (Wildman–Crippen MR) is 83.6 cm³/mol. The molecule has 132 valence electrons. The first-order valence-corrected chi connectivity index (χ1v) is 8.14. The second kappa shape index (κ2) is 11.7. The average Bonchev–Trinajstić information content (AvgIpc) is 2.53. The van der Waals surface area contributed by atoms with Crippen LogP contribution in [0, 0.1) is 0 Å². The lowest BCUT2D eigenvalue weighted by molar-refractivity contribution is -0.138. The molecule has 0 heterocycles. The summed E-state index contributed by atoms with van der Waals surface area (Å²) in [6, 6.07) is -2.21. The number of aliphatic hydroxyl groups is 1. The van der Waals surface area contributed by atoms with Gasteiger partial charge in [0, 0.05) is 0 Å². The number of thioether (sulfide) groups is 1. The van der Waals surface area contributed by atoms with Gasteiger partial charge in [-0.2, -0.15) is 11.8 Å². The number of hydrogen-bond donors (Lipinski definition) is 6. The van der Waals surface area contributed by atoms with Crippen molar-refractivity contribution in [3.63, 3.8) is 0 Å². The highest BCUT2D eigenvalue weighted by Gasteiger charge is 2.26. The zero-order valence-corrected chi connectivity index (χ0v) is 13.5. The van der Waals surface area contributed by atoms with Crippen molar-refractivity contribution >= 4 is 35.5 Å². The third kappa shape index (κ3) is 9.01. The van der Waals surface area contributed by atoms with Gasteiger partial charge in [0.15, 0.2) is 0 Å². The van der Waals surface area contributed by atoms with E-state index in [-0.39, 0.29) is 6.54 Å². The highest BCUT2D eigenvalue weighted by Crippen LogP contribution is 2.02. The van der Waals surface area contributed by atoms with E-state index in [1.54, 1.807) is 0 Å². The zero-order valence-electron chi connectivity index (χ0n) is 12.7. The zero-order chi connectivity index (χ0) is 17.8. The van der Waals surface area contributed by atoms with E-state index in [0.717, 1.165) is 0 Å². The van der Waals surface area contributed by atoms with Crippen LogP contribution in [0.25, 0.3) is 0 Å². The molecule has 2 atom stereocenters. The Morgan fingerprint density at radius 1 is 1.13 bits per heavy atom. The highest BCUT2D eigenvalue weighted by atomic mass is 32.2. The van der Waals surface area contributed by atoms with E-state index in [9.17, 15) is 19.2 Å². The summed E-state index contributed by atoms with van der Waals surface area (Å²) in [7, 11) is 0. The van der Waals surface area contributed by atoms with Gasteiger partial charge < -0.3 is 31.9 Å². The molecule has 0 spiro atoms. The van der Waals surface area contributed by atoms with Gasteiger partial charge >= 0.3 is 5.97 Å². The fourth-order valence-corrected chi connectivity index (χ4v) is 1.98. The van der Waals surface area contributed by atoms with Gasteiger partial charge in [0.1, 0.15) is 18.6 Å². The van der Waals surface area contributed by atoms with Crippen LogP contribution >= 0.6 is 11.8 Å². The van der Waals surface area contributed by atoms with Crippen molar-refractivity contribution in [1.29, 1.82) is 0 Å². The van der Waals surface area contributed by atoms with Crippen molar-refractivity contribution in [1.82, 2.24) is 16.0 Å². The van der Waals surface area contributed by atoms with Gasteiger partial charge in [-0.15, -0.1) is 0 Å². The van der Waals surface area contributed by atoms with E-state index < -0.39 is 48.9 Å². The minimum atomic E-state index is -1.31. The molecule has 0 rings (SSSR count). The van der Waals surface area contributed by atoms with Crippen LogP contribution in [0.3, 0.4) is 0 Å². The van der Waals surface area contributed by atoms with Crippen LogP contribution in [-0.2, 0) is 19.2 Å². The summed E-state index contributed by atoms with van der Waals surface area (Å²) in [4.78, 5) is 45.5. The monoisotopic (exact) mass is 350 g/mol. The van der Waals surface area contributed by atoms with Crippen LogP contribution in [0.15, 0.2) is 0 Å². The van der Waals surface area contributed by atoms with Gasteiger partial charge in [-0.25, -0.2) is 0 Å². The Labute approximate surface area is 137 Å². The number of nitrogens with two attached hydrogens (primary N) is 1. The number of rotatable bonds is 11. The van der Waals surface area contributed by atoms with E-state index in [0.29, 0.717) is 12.2 Å². The van der Waals surface area contributed by atoms with Gasteiger partial charge in [0.05, 0.1) is 13.2 Å². The molecule has 0 saturated heterocycles. The Balaban J connectivity index is 4.73. The number of carbonyl (C=O) groups excluding carboxylic acids is 3. The molecular weight excluding hydrogens is 328 g/mol. The van der Waals surface area contributed by atoms with Crippen molar-refractivity contribution in [2.45, 2.75) is 18.5 Å². The number of nitrogens with one attached hydrogen (secondary N) is 3. The summed E-state index contributed by atoms with van der Waals surface area (Å²) in [6.07, 6.45) is 2.14. The fraction of sp³-hybridized carbons (Fsp3) is 0.667. The molecule has 0 fully saturated rings. The first-order chi connectivity index (χ1) is 10.8. The Morgan fingerprint density at radius 3 is 2.26 bits per heavy atom. The Kier molecular flexibility index (Phi) is 10.7. The molecular formula is C12H22N4O6S. The molecule has 0 aliphatic carbocycles. The molecule has 7 N–H and O–H groups in total. The smallest absolute Gasteiger partial charge is 0.322 e. The predicted octanol–water partition coefficient (Wildman–Crippen LogP) is -3.14. The van der Waals surface area contributed by atoms with Gasteiger partial charge in [0.25, 0.3) is 0 Å². The van der Waals surface area contributed by atoms with Crippen molar-refractivity contribution in [3.05, 3.63) is 0 Å². The Morgan fingerprint density at radius 2 is 1.78 bits per heavy atom. The average molecular weight is 350 g/mol. The first-order valence-electron chi connectivity index (χ1n) is 6.74. The number of amides is 3. The number of carboxylic acid groups (broad SMARTS) is 1. The lowest BCUT2D eigenvalue weighted by Gasteiger charge is -2.21. The summed E-state index contributed by atoms with van der Waals surface area (Å²) in [5.41, 5.74) is 5.18. The van der Waals surface area contributed by atoms with E-state index >= 15 is 0 Å². The van der Waals surface area contributed by atoms with Crippen LogP contribution in [-0.4, -0.2) is 77.7 Å². The van der Waals surface area contributed by atoms with Crippen LogP contribution in [0.4, 0.5) is 0 Å². The lowest BCUT2D eigenvalue weighted by atomic mass is 10.2. The molecule has 3 amide bonds. The van der Waals surface area contributed by atoms with Crippen LogP contribution in [0.1, 0.15) is 6.42 Å². The maximum absolute atomic E-state index is 12.1. The molecule has 11 heteroatoms. The van der Waals surface area contributed by atoms with Crippen molar-refractivity contribution in [2.75, 3.05) is 31.7 Å². The quantitative estimate of drug-likeness (QED) is 0.227. The molecule has 10 nitrogen and oxygen atoms in total. The van der Waals surface area contributed by atoms with Gasteiger partial charge in [0.2, 0.25) is 17.7 Å². The molecule has 0 aromatic rings. The summed E-state index contributed by atoms with van der Waals surface area (Å²) < 4.78 is 0. The number of carbonyl (C=O) groups is 4. The molecule has 0 aliphatic rings. The SMILES string of the molecule is CSCCC(NC(=O)CN)C(=O)NC(CO)C(=O)NCC(=O)O. The molecule has 0 aromatic carbocycles. The number of hydrogen-bond acceptors (Lipinski definition) is 7. The largest absolute Gasteiger partial charge is 0.480 e. The number of aliphatic carboxylic acids is 1. The summed E-state index contributed by atoms with van der Waals surface area (Å²) in [5, 5.41) is 24.4. The van der Waals surface area contributed by atoms with Gasteiger partial charge in [-0.05, 0) is 18.4 Å². The maximum Gasteiger partial charge on any atom is 0.322 e. The van der Waals surface area contributed by atoms with Crippen molar-refractivity contribution in [3.8, 4) is 0 Å². The number of aliphatic hydroxyl groups excluding tert-OH is 1. The minimum Gasteiger partial charge on any atom is -0.480 e. The topological polar surface area (TPSA) is 171 Å². The summed E-state index contributed by atoms with van der Waals surface area (Å²) >= 11 is 1.47. The highest BCUT2D eigenvalue weighted by molar-refractivity contribution is 7.98. The molecule has 0 aliphatic heterocycles. The molecule has 2 unspecified atom stereocenters. The second-order valence-electron chi connectivity index (χ2n) is 4.46. The standard InChI is InChI=1S/C12H22N4O6S/c1-23-3-2-7(15-9(18)4-13)12(22)16-8(6-17)11(21)14-5-10(19)20/h7-8,17H,2-6,13H2,1H3,(H,14,21)(H,15,18)(H,16,22)(H,19,20). The molecule has 23 heavy (non-hydrogen) atoms. The Bertz CT molecular complexity index is 434. The van der Waals surface area contributed by atoms with E-state index in [1.165, 1.54) is 11.8 Å². The fourth-order valence-electron chi connectivity index (χ4n) is 1.51. The number of carboxylic acids is 1. The van der Waals surface area contributed by atoms with E-state index in [2.05, 4.69) is 10.6 Å².